The molecule has 1 aliphatic heterocycles. The molecule has 1 N–H and O–H groups in total. The Morgan fingerprint density at radius 3 is 2.57 bits per heavy atom. The van der Waals surface area contributed by atoms with Gasteiger partial charge in [-0.15, -0.1) is 0 Å². The molecule has 0 unspecified atom stereocenters. The molecule has 0 radical (unpaired) electrons. The van der Waals surface area contributed by atoms with E-state index in [4.69, 9.17) is 0 Å². The average molecular weight is 316 g/mol. The number of carbonyl (C=O) groups is 2. The molecule has 1 aromatic rings. The monoisotopic (exact) mass is 316 g/mol. The second kappa shape index (κ2) is 8.70. The third-order valence-electron chi connectivity index (χ3n) is 4.51. The highest BCUT2D eigenvalue weighted by atomic mass is 16.2. The lowest BCUT2D eigenvalue weighted by atomic mass is 9.98. The summed E-state index contributed by atoms with van der Waals surface area (Å²) in [6, 6.07) is 7.08. The Morgan fingerprint density at radius 1 is 1.17 bits per heavy atom. The first-order valence-electron chi connectivity index (χ1n) is 8.79. The van der Waals surface area contributed by atoms with E-state index in [9.17, 15) is 9.59 Å². The van der Waals surface area contributed by atoms with Crippen molar-refractivity contribution in [2.24, 2.45) is 5.92 Å². The number of piperidine rings is 1. The third kappa shape index (κ3) is 5.08. The van der Waals surface area contributed by atoms with Gasteiger partial charge in [0, 0.05) is 30.8 Å². The molecule has 1 saturated heterocycles. The first-order chi connectivity index (χ1) is 11.1. The smallest absolute Gasteiger partial charge is 0.253 e. The second-order valence-corrected chi connectivity index (χ2v) is 6.52. The Kier molecular flexibility index (Phi) is 6.63. The lowest BCUT2D eigenvalue weighted by molar-refractivity contribution is 0.0697. The summed E-state index contributed by atoms with van der Waals surface area (Å²) < 4.78 is 0. The van der Waals surface area contributed by atoms with Gasteiger partial charge >= 0.3 is 0 Å². The average Bonchev–Trinajstić information content (AvgIpc) is 2.59. The Bertz CT molecular complexity index is 534. The normalized spacial score (nSPS) is 15.5. The summed E-state index contributed by atoms with van der Waals surface area (Å²) in [4.78, 5) is 26.6. The number of nitrogens with one attached hydrogen (secondary N) is 1. The van der Waals surface area contributed by atoms with Crippen molar-refractivity contribution in [2.45, 2.75) is 46.0 Å². The van der Waals surface area contributed by atoms with Crippen molar-refractivity contribution in [1.29, 1.82) is 0 Å². The van der Waals surface area contributed by atoms with Crippen LogP contribution in [0.5, 0.6) is 0 Å². The van der Waals surface area contributed by atoms with Crippen LogP contribution < -0.4 is 5.32 Å². The molecule has 2 amide bonds. The Hall–Kier alpha value is -1.84. The third-order valence-corrected chi connectivity index (χ3v) is 4.51. The minimum absolute atomic E-state index is 0.0394. The Morgan fingerprint density at radius 2 is 1.87 bits per heavy atom. The summed E-state index contributed by atoms with van der Waals surface area (Å²) >= 11 is 0. The van der Waals surface area contributed by atoms with Crippen molar-refractivity contribution < 1.29 is 9.59 Å². The minimum Gasteiger partial charge on any atom is -0.352 e. The van der Waals surface area contributed by atoms with Gasteiger partial charge in [-0.25, -0.2) is 0 Å². The maximum absolute atomic E-state index is 12.6. The van der Waals surface area contributed by atoms with Crippen LogP contribution in [0.4, 0.5) is 0 Å². The SMILES string of the molecule is CCCCCNC(=O)c1cccc(C(=O)N2CCC(C)CC2)c1. The van der Waals surface area contributed by atoms with Crippen LogP contribution in [0.3, 0.4) is 0 Å². The first kappa shape index (κ1) is 17.5. The number of amides is 2. The number of rotatable bonds is 6. The number of unbranched alkanes of at least 4 members (excludes halogenated alkanes) is 2. The van der Waals surface area contributed by atoms with Gasteiger partial charge in [0.15, 0.2) is 0 Å². The zero-order chi connectivity index (χ0) is 16.7. The van der Waals surface area contributed by atoms with E-state index in [0.717, 1.165) is 45.2 Å². The van der Waals surface area contributed by atoms with Crippen molar-refractivity contribution in [2.75, 3.05) is 19.6 Å². The molecule has 1 heterocycles. The fourth-order valence-corrected chi connectivity index (χ4v) is 2.87. The van der Waals surface area contributed by atoms with Crippen molar-refractivity contribution in [1.82, 2.24) is 10.2 Å². The van der Waals surface area contributed by atoms with Gasteiger partial charge in [0.1, 0.15) is 0 Å². The molecule has 1 fully saturated rings. The van der Waals surface area contributed by atoms with Crippen molar-refractivity contribution in [3.8, 4) is 0 Å². The van der Waals surface area contributed by atoms with Crippen molar-refractivity contribution >= 4 is 11.8 Å². The predicted octanol–water partition coefficient (Wildman–Crippen LogP) is 3.48. The molecule has 23 heavy (non-hydrogen) atoms. The van der Waals surface area contributed by atoms with Crippen LogP contribution in [-0.4, -0.2) is 36.3 Å². The number of nitrogens with zero attached hydrogens (tertiary/aromatic N) is 1. The molecule has 0 bridgehead atoms. The van der Waals surface area contributed by atoms with E-state index in [1.807, 2.05) is 4.90 Å². The van der Waals surface area contributed by atoms with Crippen LogP contribution in [0, 0.1) is 5.92 Å². The van der Waals surface area contributed by atoms with E-state index < -0.39 is 0 Å². The minimum atomic E-state index is -0.0944. The van der Waals surface area contributed by atoms with Gasteiger partial charge in [-0.2, -0.15) is 0 Å². The van der Waals surface area contributed by atoms with E-state index in [-0.39, 0.29) is 11.8 Å². The van der Waals surface area contributed by atoms with Crippen LogP contribution in [0.1, 0.15) is 66.7 Å². The van der Waals surface area contributed by atoms with Crippen LogP contribution in [0.15, 0.2) is 24.3 Å². The largest absolute Gasteiger partial charge is 0.352 e. The van der Waals surface area contributed by atoms with E-state index in [2.05, 4.69) is 19.2 Å². The lowest BCUT2D eigenvalue weighted by Crippen LogP contribution is -2.38. The van der Waals surface area contributed by atoms with Crippen LogP contribution in [-0.2, 0) is 0 Å². The summed E-state index contributed by atoms with van der Waals surface area (Å²) in [6.45, 7) is 6.68. The molecule has 0 aromatic heterocycles. The number of hydrogen-bond donors (Lipinski definition) is 1. The summed E-state index contributed by atoms with van der Waals surface area (Å²) in [7, 11) is 0. The van der Waals surface area contributed by atoms with E-state index >= 15 is 0 Å². The zero-order valence-corrected chi connectivity index (χ0v) is 14.3. The van der Waals surface area contributed by atoms with Gasteiger partial charge in [0.25, 0.3) is 11.8 Å². The molecule has 4 nitrogen and oxygen atoms in total. The highest BCUT2D eigenvalue weighted by Crippen LogP contribution is 2.18. The molecular formula is C19H28N2O2. The fourth-order valence-electron chi connectivity index (χ4n) is 2.87. The van der Waals surface area contributed by atoms with Crippen molar-refractivity contribution in [3.05, 3.63) is 35.4 Å². The van der Waals surface area contributed by atoms with E-state index in [1.54, 1.807) is 24.3 Å². The molecule has 0 spiro atoms. The number of likely N-dealkylation sites (tertiary alicyclic amines) is 1. The Balaban J connectivity index is 1.96. The van der Waals surface area contributed by atoms with Crippen LogP contribution >= 0.6 is 0 Å². The van der Waals surface area contributed by atoms with Gasteiger partial charge in [-0.1, -0.05) is 32.8 Å². The number of benzene rings is 1. The molecule has 1 aliphatic rings. The molecule has 4 heteroatoms. The van der Waals surface area contributed by atoms with Gasteiger partial charge in [-0.3, -0.25) is 9.59 Å². The summed E-state index contributed by atoms with van der Waals surface area (Å²) in [5.41, 5.74) is 1.18. The molecule has 0 aliphatic carbocycles. The summed E-state index contributed by atoms with van der Waals surface area (Å²) in [5.74, 6) is 0.639. The van der Waals surface area contributed by atoms with Gasteiger partial charge in [0.2, 0.25) is 0 Å². The molecular weight excluding hydrogens is 288 g/mol. The topological polar surface area (TPSA) is 49.4 Å². The maximum atomic E-state index is 12.6. The summed E-state index contributed by atoms with van der Waals surface area (Å²) in [5, 5.41) is 2.92. The van der Waals surface area contributed by atoms with E-state index in [1.165, 1.54) is 0 Å². The number of hydrogen-bond acceptors (Lipinski definition) is 2. The molecule has 126 valence electrons. The van der Waals surface area contributed by atoms with Crippen LogP contribution in [0.25, 0.3) is 0 Å². The fraction of sp³-hybridized carbons (Fsp3) is 0.579. The van der Waals surface area contributed by atoms with Gasteiger partial charge in [0.05, 0.1) is 0 Å². The lowest BCUT2D eigenvalue weighted by Gasteiger charge is -2.30. The maximum Gasteiger partial charge on any atom is 0.253 e. The molecule has 1 aromatic carbocycles. The van der Waals surface area contributed by atoms with Gasteiger partial charge < -0.3 is 10.2 Å². The zero-order valence-electron chi connectivity index (χ0n) is 14.3. The highest BCUT2D eigenvalue weighted by molar-refractivity contribution is 5.99. The first-order valence-corrected chi connectivity index (χ1v) is 8.79. The quantitative estimate of drug-likeness (QED) is 0.817. The number of carbonyl (C=O) groups excluding carboxylic acids is 2. The van der Waals surface area contributed by atoms with Crippen molar-refractivity contribution in [3.63, 3.8) is 0 Å². The molecule has 2 rings (SSSR count). The summed E-state index contributed by atoms with van der Waals surface area (Å²) in [6.07, 6.45) is 5.36. The van der Waals surface area contributed by atoms with Crippen LogP contribution in [0.2, 0.25) is 0 Å². The second-order valence-electron chi connectivity index (χ2n) is 6.52. The highest BCUT2D eigenvalue weighted by Gasteiger charge is 2.21. The molecule has 0 saturated carbocycles. The van der Waals surface area contributed by atoms with E-state index in [0.29, 0.717) is 23.6 Å². The van der Waals surface area contributed by atoms with Gasteiger partial charge in [-0.05, 0) is 43.4 Å². The molecule has 0 atom stereocenters. The predicted molar refractivity (Wildman–Crippen MR) is 92.6 cm³/mol. The standard InChI is InChI=1S/C19H28N2O2/c1-3-4-5-11-20-18(22)16-7-6-8-17(14-16)19(23)21-12-9-15(2)10-13-21/h6-8,14-15H,3-5,9-13H2,1-2H3,(H,20,22). The Labute approximate surface area is 139 Å².